The molecule has 2 heterocycles. The van der Waals surface area contributed by atoms with Crippen LogP contribution in [0.15, 0.2) is 0 Å². The third-order valence-electron chi connectivity index (χ3n) is 4.55. The second-order valence-electron chi connectivity index (χ2n) is 7.52. The second kappa shape index (κ2) is 12.1. The first-order chi connectivity index (χ1) is 14.0. The van der Waals surface area contributed by atoms with Crippen LogP contribution in [0.3, 0.4) is 0 Å². The Kier molecular flexibility index (Phi) is 10.2. The van der Waals surface area contributed by atoms with Crippen molar-refractivity contribution >= 4 is 35.1 Å². The number of halogens is 2. The van der Waals surface area contributed by atoms with Crippen LogP contribution in [0.25, 0.3) is 0 Å². The van der Waals surface area contributed by atoms with Crippen molar-refractivity contribution in [3.63, 3.8) is 0 Å². The highest BCUT2D eigenvalue weighted by Gasteiger charge is 2.31. The number of hydrogen-bond donors (Lipinski definition) is 1. The minimum absolute atomic E-state index is 0.0606. The van der Waals surface area contributed by atoms with Crippen LogP contribution in [-0.2, 0) is 28.8 Å². The van der Waals surface area contributed by atoms with E-state index in [1.54, 1.807) is 0 Å². The third kappa shape index (κ3) is 8.75. The maximum Gasteiger partial charge on any atom is 0.310 e. The molecule has 11 heteroatoms. The number of amides is 2. The van der Waals surface area contributed by atoms with Gasteiger partial charge in [-0.2, -0.15) is 0 Å². The molecule has 168 valence electrons. The van der Waals surface area contributed by atoms with Crippen molar-refractivity contribution in [1.29, 1.82) is 0 Å². The standard InChI is InChI=1S/C10H14FNO3.C9H12FNO4/c1-7(13)2-9(14)6-12-5-8(4-11)3-10(12)15;10-3-6-1-8(13)11(4-6)5-7(12)2-9(14)15/h8H,2-6H2,1H3;6H,1-5H2,(H,14,15)/t8-;6-/m11/s1. The van der Waals surface area contributed by atoms with Crippen LogP contribution in [-0.4, -0.2) is 89.6 Å². The fraction of sp³-hybridized carbons (Fsp3) is 0.684. The van der Waals surface area contributed by atoms with E-state index in [9.17, 15) is 37.5 Å². The summed E-state index contributed by atoms with van der Waals surface area (Å²) in [5.41, 5.74) is 0. The Bertz CT molecular complexity index is 640. The molecule has 0 aliphatic carbocycles. The summed E-state index contributed by atoms with van der Waals surface area (Å²) in [6.45, 7) is 0.419. The zero-order valence-corrected chi connectivity index (χ0v) is 16.8. The summed E-state index contributed by atoms with van der Waals surface area (Å²) in [5, 5.41) is 8.34. The van der Waals surface area contributed by atoms with Crippen molar-refractivity contribution in [2.75, 3.05) is 39.5 Å². The number of carboxylic acid groups (broad SMARTS) is 1. The molecule has 0 saturated carbocycles. The maximum atomic E-state index is 12.3. The van der Waals surface area contributed by atoms with Crippen molar-refractivity contribution in [3.05, 3.63) is 0 Å². The highest BCUT2D eigenvalue weighted by atomic mass is 19.1. The fourth-order valence-corrected chi connectivity index (χ4v) is 3.20. The number of rotatable bonds is 10. The number of alkyl halides is 2. The highest BCUT2D eigenvalue weighted by Crippen LogP contribution is 2.18. The first-order valence-electron chi connectivity index (χ1n) is 9.47. The number of hydrogen-bond acceptors (Lipinski definition) is 6. The van der Waals surface area contributed by atoms with Gasteiger partial charge >= 0.3 is 5.97 Å². The fourth-order valence-electron chi connectivity index (χ4n) is 3.20. The highest BCUT2D eigenvalue weighted by molar-refractivity contribution is 6.00. The Morgan fingerprint density at radius 1 is 0.867 bits per heavy atom. The molecule has 2 aliphatic heterocycles. The number of carbonyl (C=O) groups excluding carboxylic acids is 5. The van der Waals surface area contributed by atoms with Gasteiger partial charge in [-0.05, 0) is 6.92 Å². The Labute approximate surface area is 172 Å². The van der Waals surface area contributed by atoms with E-state index in [0.717, 1.165) is 0 Å². The van der Waals surface area contributed by atoms with Crippen LogP contribution in [0.5, 0.6) is 0 Å². The summed E-state index contributed by atoms with van der Waals surface area (Å²) in [6, 6.07) is 0. The molecular formula is C19H26F2N2O7. The summed E-state index contributed by atoms with van der Waals surface area (Å²) >= 11 is 0. The maximum absolute atomic E-state index is 12.3. The van der Waals surface area contributed by atoms with Gasteiger partial charge in [0.15, 0.2) is 11.6 Å². The van der Waals surface area contributed by atoms with Crippen LogP contribution >= 0.6 is 0 Å². The first-order valence-corrected chi connectivity index (χ1v) is 9.47. The number of likely N-dealkylation sites (tertiary alicyclic amines) is 2. The summed E-state index contributed by atoms with van der Waals surface area (Å²) in [6.07, 6.45) is -0.463. The van der Waals surface area contributed by atoms with Crippen LogP contribution in [0.4, 0.5) is 8.78 Å². The van der Waals surface area contributed by atoms with E-state index >= 15 is 0 Å². The third-order valence-corrected chi connectivity index (χ3v) is 4.55. The van der Waals surface area contributed by atoms with E-state index < -0.39 is 31.5 Å². The minimum atomic E-state index is -1.21. The number of carboxylic acids is 1. The van der Waals surface area contributed by atoms with Crippen molar-refractivity contribution in [3.8, 4) is 0 Å². The normalized spacial score (nSPS) is 20.8. The molecule has 2 amide bonds. The van der Waals surface area contributed by atoms with Gasteiger partial charge < -0.3 is 14.9 Å². The van der Waals surface area contributed by atoms with E-state index in [4.69, 9.17) is 5.11 Å². The van der Waals surface area contributed by atoms with Crippen LogP contribution < -0.4 is 0 Å². The number of Topliss-reactive ketones (excluding diaryl/α,β-unsaturated/α-hetero) is 3. The summed E-state index contributed by atoms with van der Waals surface area (Å²) in [5.74, 6) is -3.36. The molecule has 9 nitrogen and oxygen atoms in total. The number of carbonyl (C=O) groups is 6. The number of ketones is 3. The summed E-state index contributed by atoms with van der Waals surface area (Å²) in [7, 11) is 0. The summed E-state index contributed by atoms with van der Waals surface area (Å²) in [4.78, 5) is 68.2. The van der Waals surface area contributed by atoms with E-state index in [1.807, 2.05) is 0 Å². The SMILES string of the molecule is CC(=O)CC(=O)CN1C[C@@H](CF)CC1=O.O=C(O)CC(=O)CN1C[C@@H](CF)CC1=O. The van der Waals surface area contributed by atoms with Gasteiger partial charge in [-0.1, -0.05) is 0 Å². The monoisotopic (exact) mass is 432 g/mol. The Morgan fingerprint density at radius 3 is 1.57 bits per heavy atom. The molecule has 0 aromatic rings. The molecule has 2 fully saturated rings. The number of nitrogens with zero attached hydrogens (tertiary/aromatic N) is 2. The van der Waals surface area contributed by atoms with Gasteiger partial charge in [0.2, 0.25) is 11.8 Å². The van der Waals surface area contributed by atoms with Gasteiger partial charge in [-0.15, -0.1) is 0 Å². The molecule has 2 saturated heterocycles. The van der Waals surface area contributed by atoms with Gasteiger partial charge in [-0.25, -0.2) is 0 Å². The molecule has 0 radical (unpaired) electrons. The van der Waals surface area contributed by atoms with E-state index in [1.165, 1.54) is 16.7 Å². The minimum Gasteiger partial charge on any atom is -0.481 e. The lowest BCUT2D eigenvalue weighted by Gasteiger charge is -2.14. The van der Waals surface area contributed by atoms with E-state index in [0.29, 0.717) is 6.54 Å². The lowest BCUT2D eigenvalue weighted by Crippen LogP contribution is -2.32. The molecule has 2 aliphatic rings. The largest absolute Gasteiger partial charge is 0.481 e. The van der Waals surface area contributed by atoms with E-state index in [-0.39, 0.29) is 74.1 Å². The van der Waals surface area contributed by atoms with Gasteiger partial charge in [0.25, 0.3) is 0 Å². The van der Waals surface area contributed by atoms with Crippen LogP contribution in [0, 0.1) is 11.8 Å². The molecule has 0 unspecified atom stereocenters. The average Bonchev–Trinajstić information content (AvgIpc) is 3.16. The van der Waals surface area contributed by atoms with Crippen molar-refractivity contribution in [1.82, 2.24) is 9.80 Å². The van der Waals surface area contributed by atoms with E-state index in [2.05, 4.69) is 0 Å². The lowest BCUT2D eigenvalue weighted by atomic mass is 10.1. The Balaban J connectivity index is 0.000000300. The Morgan fingerprint density at radius 2 is 1.27 bits per heavy atom. The zero-order valence-electron chi connectivity index (χ0n) is 16.8. The van der Waals surface area contributed by atoms with Gasteiger partial charge in [-0.3, -0.25) is 37.5 Å². The molecule has 0 aromatic carbocycles. The second-order valence-corrected chi connectivity index (χ2v) is 7.52. The molecule has 0 aromatic heterocycles. The van der Waals surface area contributed by atoms with Crippen molar-refractivity contribution in [2.24, 2.45) is 11.8 Å². The topological polar surface area (TPSA) is 129 Å². The molecule has 2 atom stereocenters. The predicted octanol–water partition coefficient (Wildman–Crippen LogP) is 0.201. The molecular weight excluding hydrogens is 406 g/mol. The lowest BCUT2D eigenvalue weighted by molar-refractivity contribution is -0.142. The smallest absolute Gasteiger partial charge is 0.310 e. The predicted molar refractivity (Wildman–Crippen MR) is 98.9 cm³/mol. The van der Waals surface area contributed by atoms with Crippen LogP contribution in [0.1, 0.15) is 32.6 Å². The first kappa shape index (κ1) is 25.3. The van der Waals surface area contributed by atoms with Gasteiger partial charge in [0.05, 0.1) is 32.9 Å². The zero-order chi connectivity index (χ0) is 22.8. The molecule has 2 rings (SSSR count). The van der Waals surface area contributed by atoms with Crippen LogP contribution in [0.2, 0.25) is 0 Å². The molecule has 0 spiro atoms. The Hall–Kier alpha value is -2.72. The molecule has 1 N–H and O–H groups in total. The van der Waals surface area contributed by atoms with Gasteiger partial charge in [0, 0.05) is 37.8 Å². The van der Waals surface area contributed by atoms with Crippen molar-refractivity contribution in [2.45, 2.75) is 32.6 Å². The quantitative estimate of drug-likeness (QED) is 0.488. The molecule has 0 bridgehead atoms. The van der Waals surface area contributed by atoms with Crippen molar-refractivity contribution < 1.29 is 42.7 Å². The molecule has 30 heavy (non-hydrogen) atoms. The number of aliphatic carboxylic acids is 1. The average molecular weight is 432 g/mol. The summed E-state index contributed by atoms with van der Waals surface area (Å²) < 4.78 is 24.5. The van der Waals surface area contributed by atoms with Gasteiger partial charge in [0.1, 0.15) is 12.2 Å².